The van der Waals surface area contributed by atoms with Gasteiger partial charge in [0.05, 0.1) is 11.7 Å². The van der Waals surface area contributed by atoms with Crippen molar-refractivity contribution in [3.05, 3.63) is 28.7 Å². The first kappa shape index (κ1) is 14.8. The van der Waals surface area contributed by atoms with Gasteiger partial charge in [0.25, 0.3) is 0 Å². The highest BCUT2D eigenvalue weighted by atomic mass is 79.9. The van der Waals surface area contributed by atoms with Crippen LogP contribution in [0.3, 0.4) is 0 Å². The summed E-state index contributed by atoms with van der Waals surface area (Å²) in [6, 6.07) is 9.64. The number of rotatable bonds is 3. The number of nitrogens with one attached hydrogen (secondary N) is 1. The van der Waals surface area contributed by atoms with Crippen LogP contribution in [0.1, 0.15) is 13.3 Å². The van der Waals surface area contributed by atoms with E-state index in [1.54, 1.807) is 0 Å². The van der Waals surface area contributed by atoms with Crippen molar-refractivity contribution in [3.8, 4) is 0 Å². The summed E-state index contributed by atoms with van der Waals surface area (Å²) >= 11 is 3.69. The van der Waals surface area contributed by atoms with Crippen molar-refractivity contribution >= 4 is 21.6 Å². The van der Waals surface area contributed by atoms with E-state index in [4.69, 9.17) is 0 Å². The predicted molar refractivity (Wildman–Crippen MR) is 85.9 cm³/mol. The Kier molecular flexibility index (Phi) is 5.25. The first-order valence-electron chi connectivity index (χ1n) is 6.97. The topological polar surface area (TPSA) is 18.5 Å². The number of nitrogens with zero attached hydrogens (tertiary/aromatic N) is 2. The van der Waals surface area contributed by atoms with Crippen LogP contribution in [0.4, 0.5) is 5.69 Å². The van der Waals surface area contributed by atoms with Crippen molar-refractivity contribution in [1.82, 2.24) is 10.2 Å². The largest absolute Gasteiger partial charge is 0.365 e. The minimum absolute atomic E-state index is 0.513. The van der Waals surface area contributed by atoms with Gasteiger partial charge in [-0.15, -0.1) is 0 Å². The van der Waals surface area contributed by atoms with Crippen LogP contribution in [0.5, 0.6) is 0 Å². The lowest BCUT2D eigenvalue weighted by atomic mass is 10.2. The highest BCUT2D eigenvalue weighted by Crippen LogP contribution is 2.28. The van der Waals surface area contributed by atoms with E-state index >= 15 is 0 Å². The third-order valence-corrected chi connectivity index (χ3v) is 4.35. The average molecular weight is 326 g/mol. The van der Waals surface area contributed by atoms with E-state index < -0.39 is 0 Å². The molecule has 0 radical (unpaired) electrons. The molecule has 1 aromatic rings. The quantitative estimate of drug-likeness (QED) is 0.921. The molecule has 0 amide bonds. The van der Waals surface area contributed by atoms with Gasteiger partial charge in [0.2, 0.25) is 0 Å². The van der Waals surface area contributed by atoms with Crippen LogP contribution in [-0.4, -0.2) is 50.7 Å². The predicted octanol–water partition coefficient (Wildman–Crippen LogP) is 2.57. The van der Waals surface area contributed by atoms with Gasteiger partial charge in [-0.05, 0) is 55.5 Å². The van der Waals surface area contributed by atoms with Gasteiger partial charge < -0.3 is 15.1 Å². The number of para-hydroxylation sites is 1. The van der Waals surface area contributed by atoms with E-state index in [1.165, 1.54) is 16.6 Å². The molecular formula is C15H24BrN3. The van der Waals surface area contributed by atoms with Gasteiger partial charge in [0, 0.05) is 30.1 Å². The lowest BCUT2D eigenvalue weighted by Crippen LogP contribution is -2.46. The SMILES string of the molecule is CC1CCN(c2ccccc2Br)C(CN(C)C)CN1. The van der Waals surface area contributed by atoms with Crippen molar-refractivity contribution in [1.29, 1.82) is 0 Å². The van der Waals surface area contributed by atoms with Crippen molar-refractivity contribution in [2.75, 3.05) is 38.6 Å². The minimum atomic E-state index is 0.513. The molecule has 0 spiro atoms. The second-order valence-electron chi connectivity index (χ2n) is 5.66. The smallest absolute Gasteiger partial charge is 0.0541 e. The van der Waals surface area contributed by atoms with Gasteiger partial charge in [0.1, 0.15) is 0 Å². The normalized spacial score (nSPS) is 24.6. The van der Waals surface area contributed by atoms with Gasteiger partial charge in [-0.3, -0.25) is 0 Å². The molecule has 0 saturated carbocycles. The van der Waals surface area contributed by atoms with Crippen LogP contribution in [-0.2, 0) is 0 Å². The molecule has 3 nitrogen and oxygen atoms in total. The monoisotopic (exact) mass is 325 g/mol. The summed E-state index contributed by atoms with van der Waals surface area (Å²) < 4.78 is 1.19. The summed E-state index contributed by atoms with van der Waals surface area (Å²) in [6.07, 6.45) is 1.19. The van der Waals surface area contributed by atoms with Crippen molar-refractivity contribution in [3.63, 3.8) is 0 Å². The Morgan fingerprint density at radius 2 is 2.11 bits per heavy atom. The Bertz CT molecular complexity index is 408. The molecule has 1 heterocycles. The Morgan fingerprint density at radius 3 is 2.79 bits per heavy atom. The molecule has 19 heavy (non-hydrogen) atoms. The van der Waals surface area contributed by atoms with Crippen molar-refractivity contribution < 1.29 is 0 Å². The summed E-state index contributed by atoms with van der Waals surface area (Å²) in [5.74, 6) is 0. The maximum absolute atomic E-state index is 3.69. The van der Waals surface area contributed by atoms with Crippen LogP contribution in [0.15, 0.2) is 28.7 Å². The van der Waals surface area contributed by atoms with Crippen LogP contribution in [0.2, 0.25) is 0 Å². The van der Waals surface area contributed by atoms with Gasteiger partial charge in [-0.2, -0.15) is 0 Å². The van der Waals surface area contributed by atoms with E-state index in [-0.39, 0.29) is 0 Å². The number of hydrogen-bond donors (Lipinski definition) is 1. The van der Waals surface area contributed by atoms with Crippen LogP contribution in [0, 0.1) is 0 Å². The molecule has 1 aliphatic rings. The fourth-order valence-electron chi connectivity index (χ4n) is 2.65. The maximum Gasteiger partial charge on any atom is 0.0541 e. The van der Waals surface area contributed by atoms with E-state index in [9.17, 15) is 0 Å². The third kappa shape index (κ3) is 3.94. The Balaban J connectivity index is 2.24. The Hall–Kier alpha value is -0.580. The highest BCUT2D eigenvalue weighted by Gasteiger charge is 2.25. The molecule has 106 valence electrons. The zero-order chi connectivity index (χ0) is 13.8. The van der Waals surface area contributed by atoms with Crippen LogP contribution in [0.25, 0.3) is 0 Å². The van der Waals surface area contributed by atoms with Crippen molar-refractivity contribution in [2.24, 2.45) is 0 Å². The molecule has 1 saturated heterocycles. The second kappa shape index (κ2) is 6.73. The van der Waals surface area contributed by atoms with E-state index in [0.717, 1.165) is 19.6 Å². The zero-order valence-electron chi connectivity index (χ0n) is 12.1. The van der Waals surface area contributed by atoms with Crippen LogP contribution < -0.4 is 10.2 Å². The molecule has 1 fully saturated rings. The van der Waals surface area contributed by atoms with Gasteiger partial charge in [-0.1, -0.05) is 12.1 Å². The molecule has 2 unspecified atom stereocenters. The first-order chi connectivity index (χ1) is 9.08. The van der Waals surface area contributed by atoms with Gasteiger partial charge in [0.15, 0.2) is 0 Å². The molecule has 0 aromatic heterocycles. The summed E-state index contributed by atoms with van der Waals surface area (Å²) in [5.41, 5.74) is 1.31. The lowest BCUT2D eigenvalue weighted by Gasteiger charge is -2.34. The average Bonchev–Trinajstić information content (AvgIpc) is 2.53. The summed E-state index contributed by atoms with van der Waals surface area (Å²) in [5, 5.41) is 3.64. The fourth-order valence-corrected chi connectivity index (χ4v) is 3.16. The molecule has 4 heteroatoms. The molecule has 1 aliphatic heterocycles. The lowest BCUT2D eigenvalue weighted by molar-refractivity contribution is 0.359. The highest BCUT2D eigenvalue weighted by molar-refractivity contribution is 9.10. The van der Waals surface area contributed by atoms with E-state index in [0.29, 0.717) is 12.1 Å². The van der Waals surface area contributed by atoms with Crippen molar-refractivity contribution in [2.45, 2.75) is 25.4 Å². The minimum Gasteiger partial charge on any atom is -0.365 e. The Morgan fingerprint density at radius 1 is 1.37 bits per heavy atom. The maximum atomic E-state index is 3.69. The number of hydrogen-bond acceptors (Lipinski definition) is 3. The van der Waals surface area contributed by atoms with E-state index in [1.807, 2.05) is 0 Å². The molecule has 2 rings (SSSR count). The molecule has 1 aromatic carbocycles. The molecular weight excluding hydrogens is 302 g/mol. The number of likely N-dealkylation sites (N-methyl/N-ethyl adjacent to an activating group) is 1. The third-order valence-electron chi connectivity index (χ3n) is 3.68. The van der Waals surface area contributed by atoms with E-state index in [2.05, 4.69) is 76.3 Å². The van der Waals surface area contributed by atoms with Crippen LogP contribution >= 0.6 is 15.9 Å². The second-order valence-corrected chi connectivity index (χ2v) is 6.51. The number of halogens is 1. The first-order valence-corrected chi connectivity index (χ1v) is 7.76. The number of anilines is 1. The molecule has 1 N–H and O–H groups in total. The van der Waals surface area contributed by atoms with Gasteiger partial charge in [-0.25, -0.2) is 0 Å². The standard InChI is InChI=1S/C15H24BrN3/c1-12-8-9-19(13(10-17-12)11-18(2)3)15-7-5-4-6-14(15)16/h4-7,12-13,17H,8-11H2,1-3H3. The molecule has 0 bridgehead atoms. The van der Waals surface area contributed by atoms with Gasteiger partial charge >= 0.3 is 0 Å². The summed E-state index contributed by atoms with van der Waals surface area (Å²) in [6.45, 7) is 5.49. The summed E-state index contributed by atoms with van der Waals surface area (Å²) in [4.78, 5) is 4.81. The summed E-state index contributed by atoms with van der Waals surface area (Å²) in [7, 11) is 4.29. The fraction of sp³-hybridized carbons (Fsp3) is 0.600. The molecule has 2 atom stereocenters. The Labute approximate surface area is 125 Å². The molecule has 0 aliphatic carbocycles. The number of benzene rings is 1. The zero-order valence-corrected chi connectivity index (χ0v) is 13.7.